The van der Waals surface area contributed by atoms with Crippen LogP contribution in [-0.4, -0.2) is 67.7 Å². The Balaban J connectivity index is 1.23. The molecular weight excluding hydrogens is 324 g/mol. The fourth-order valence-electron chi connectivity index (χ4n) is 4.37. The van der Waals surface area contributed by atoms with Gasteiger partial charge in [-0.15, -0.1) is 0 Å². The predicted octanol–water partition coefficient (Wildman–Crippen LogP) is 2.62. The Bertz CT molecular complexity index is 649. The van der Waals surface area contributed by atoms with Gasteiger partial charge in [0, 0.05) is 51.0 Å². The zero-order chi connectivity index (χ0) is 18.1. The van der Waals surface area contributed by atoms with Crippen LogP contribution in [0.3, 0.4) is 0 Å². The molecule has 1 aromatic carbocycles. The summed E-state index contributed by atoms with van der Waals surface area (Å²) in [5, 5.41) is 3.19. The molecule has 5 heteroatoms. The molecule has 0 spiro atoms. The van der Waals surface area contributed by atoms with Gasteiger partial charge in [-0.3, -0.25) is 0 Å². The van der Waals surface area contributed by atoms with Crippen molar-refractivity contribution in [3.05, 3.63) is 29.3 Å². The van der Waals surface area contributed by atoms with E-state index in [2.05, 4.69) is 47.2 Å². The number of carbonyl (C=O) groups is 1. The molecule has 3 fully saturated rings. The number of hydrogen-bond donors (Lipinski definition) is 1. The smallest absolute Gasteiger partial charge is 0.317 e. The number of benzene rings is 1. The first-order valence-corrected chi connectivity index (χ1v) is 10.2. The average Bonchev–Trinajstić information content (AvgIpc) is 3.40. The van der Waals surface area contributed by atoms with Gasteiger partial charge in [-0.2, -0.15) is 0 Å². The summed E-state index contributed by atoms with van der Waals surface area (Å²) in [6.07, 6.45) is 3.99. The molecule has 2 heterocycles. The van der Waals surface area contributed by atoms with E-state index in [-0.39, 0.29) is 6.03 Å². The number of hydrogen-bond acceptors (Lipinski definition) is 3. The number of nitrogens with zero attached hydrogens (tertiary/aromatic N) is 3. The molecule has 1 aliphatic carbocycles. The molecule has 0 unspecified atom stereocenters. The van der Waals surface area contributed by atoms with E-state index in [1.54, 1.807) is 0 Å². The predicted molar refractivity (Wildman–Crippen MR) is 106 cm³/mol. The number of aryl methyl sites for hydroxylation is 1. The lowest BCUT2D eigenvalue weighted by Crippen LogP contribution is -2.52. The van der Waals surface area contributed by atoms with Crippen molar-refractivity contribution in [2.45, 2.75) is 39.2 Å². The molecular formula is C21H32N4O. The van der Waals surface area contributed by atoms with Crippen LogP contribution in [0.1, 0.15) is 30.4 Å². The summed E-state index contributed by atoms with van der Waals surface area (Å²) in [7, 11) is 0. The average molecular weight is 357 g/mol. The molecule has 26 heavy (non-hydrogen) atoms. The monoisotopic (exact) mass is 356 g/mol. The Labute approximate surface area is 157 Å². The highest BCUT2D eigenvalue weighted by Crippen LogP contribution is 2.31. The van der Waals surface area contributed by atoms with E-state index in [1.807, 2.05) is 4.90 Å². The van der Waals surface area contributed by atoms with Crippen molar-refractivity contribution in [1.82, 2.24) is 15.1 Å². The number of anilines is 1. The van der Waals surface area contributed by atoms with Crippen molar-refractivity contribution in [2.24, 2.45) is 5.92 Å². The van der Waals surface area contributed by atoms with Crippen LogP contribution < -0.4 is 10.2 Å². The van der Waals surface area contributed by atoms with Crippen LogP contribution in [-0.2, 0) is 0 Å². The molecule has 4 rings (SSSR count). The molecule has 0 radical (unpaired) electrons. The maximum atomic E-state index is 12.5. The van der Waals surface area contributed by atoms with Crippen LogP contribution >= 0.6 is 0 Å². The molecule has 1 saturated carbocycles. The topological polar surface area (TPSA) is 38.8 Å². The Hall–Kier alpha value is -1.75. The maximum absolute atomic E-state index is 12.5. The summed E-state index contributed by atoms with van der Waals surface area (Å²) in [5.74, 6) is 0.635. The highest BCUT2D eigenvalue weighted by Gasteiger charge is 2.34. The number of amides is 2. The first-order chi connectivity index (χ1) is 12.6. The molecule has 1 aromatic rings. The number of rotatable bonds is 4. The van der Waals surface area contributed by atoms with E-state index in [1.165, 1.54) is 49.2 Å². The van der Waals surface area contributed by atoms with Gasteiger partial charge < -0.3 is 20.0 Å². The fraction of sp³-hybridized carbons (Fsp3) is 0.667. The van der Waals surface area contributed by atoms with Crippen molar-refractivity contribution in [1.29, 1.82) is 0 Å². The van der Waals surface area contributed by atoms with Gasteiger partial charge in [0.1, 0.15) is 0 Å². The Morgan fingerprint density at radius 3 is 2.58 bits per heavy atom. The van der Waals surface area contributed by atoms with E-state index < -0.39 is 0 Å². The first-order valence-electron chi connectivity index (χ1n) is 10.2. The van der Waals surface area contributed by atoms with Crippen LogP contribution in [0.5, 0.6) is 0 Å². The second-order valence-electron chi connectivity index (χ2n) is 8.26. The SMILES string of the molecule is Cc1cccc(N2CCN(C(=O)NC[C@H]3CCN(C4CC4)C3)CC2)c1C. The number of likely N-dealkylation sites (tertiary alicyclic amines) is 1. The number of piperazine rings is 1. The van der Waals surface area contributed by atoms with E-state index >= 15 is 0 Å². The van der Waals surface area contributed by atoms with E-state index in [0.29, 0.717) is 5.92 Å². The van der Waals surface area contributed by atoms with Gasteiger partial charge in [0.25, 0.3) is 0 Å². The second-order valence-corrected chi connectivity index (χ2v) is 8.26. The molecule has 142 valence electrons. The van der Waals surface area contributed by atoms with Gasteiger partial charge in [-0.1, -0.05) is 12.1 Å². The zero-order valence-electron chi connectivity index (χ0n) is 16.2. The van der Waals surface area contributed by atoms with Gasteiger partial charge in [-0.25, -0.2) is 4.79 Å². The van der Waals surface area contributed by atoms with Crippen LogP contribution in [0.2, 0.25) is 0 Å². The number of urea groups is 1. The minimum absolute atomic E-state index is 0.121. The fourth-order valence-corrected chi connectivity index (χ4v) is 4.37. The summed E-state index contributed by atoms with van der Waals surface area (Å²) in [4.78, 5) is 19.5. The Kier molecular flexibility index (Phi) is 5.07. The Morgan fingerprint density at radius 2 is 1.85 bits per heavy atom. The van der Waals surface area contributed by atoms with Crippen molar-refractivity contribution < 1.29 is 4.79 Å². The van der Waals surface area contributed by atoms with Gasteiger partial charge in [-0.05, 0) is 62.8 Å². The highest BCUT2D eigenvalue weighted by atomic mass is 16.2. The summed E-state index contributed by atoms with van der Waals surface area (Å²) >= 11 is 0. The quantitative estimate of drug-likeness (QED) is 0.901. The van der Waals surface area contributed by atoms with Crippen LogP contribution in [0, 0.1) is 19.8 Å². The van der Waals surface area contributed by atoms with Crippen LogP contribution in [0.4, 0.5) is 10.5 Å². The van der Waals surface area contributed by atoms with Crippen molar-refractivity contribution in [3.8, 4) is 0 Å². The third-order valence-electron chi connectivity index (χ3n) is 6.41. The molecule has 2 amide bonds. The lowest BCUT2D eigenvalue weighted by Gasteiger charge is -2.37. The van der Waals surface area contributed by atoms with Crippen molar-refractivity contribution >= 4 is 11.7 Å². The maximum Gasteiger partial charge on any atom is 0.317 e. The van der Waals surface area contributed by atoms with Gasteiger partial charge in [0.2, 0.25) is 0 Å². The van der Waals surface area contributed by atoms with E-state index in [9.17, 15) is 4.79 Å². The molecule has 0 bridgehead atoms. The highest BCUT2D eigenvalue weighted by molar-refractivity contribution is 5.74. The van der Waals surface area contributed by atoms with Crippen LogP contribution in [0.15, 0.2) is 18.2 Å². The van der Waals surface area contributed by atoms with Gasteiger partial charge in [0.05, 0.1) is 0 Å². The number of carbonyl (C=O) groups excluding carboxylic acids is 1. The second kappa shape index (κ2) is 7.47. The molecule has 0 aromatic heterocycles. The minimum atomic E-state index is 0.121. The third-order valence-corrected chi connectivity index (χ3v) is 6.41. The van der Waals surface area contributed by atoms with Crippen molar-refractivity contribution in [2.75, 3.05) is 50.7 Å². The lowest BCUT2D eigenvalue weighted by atomic mass is 10.1. The van der Waals surface area contributed by atoms with Crippen LogP contribution in [0.25, 0.3) is 0 Å². The standard InChI is InChI=1S/C21H32N4O/c1-16-4-3-5-20(17(16)2)23-10-12-24(13-11-23)21(26)22-14-18-8-9-25(15-18)19-6-7-19/h3-5,18-19H,6-15H2,1-2H3,(H,22,26)/t18-/m1/s1. The first kappa shape index (κ1) is 17.7. The molecule has 2 saturated heterocycles. The van der Waals surface area contributed by atoms with Gasteiger partial charge in [0.15, 0.2) is 0 Å². The zero-order valence-corrected chi connectivity index (χ0v) is 16.2. The van der Waals surface area contributed by atoms with E-state index in [0.717, 1.165) is 38.8 Å². The third kappa shape index (κ3) is 3.83. The van der Waals surface area contributed by atoms with Crippen molar-refractivity contribution in [3.63, 3.8) is 0 Å². The minimum Gasteiger partial charge on any atom is -0.368 e. The lowest BCUT2D eigenvalue weighted by molar-refractivity contribution is 0.192. The van der Waals surface area contributed by atoms with E-state index in [4.69, 9.17) is 0 Å². The molecule has 3 aliphatic rings. The largest absolute Gasteiger partial charge is 0.368 e. The molecule has 1 N–H and O–H groups in total. The summed E-state index contributed by atoms with van der Waals surface area (Å²) in [6.45, 7) is 11.0. The molecule has 1 atom stereocenters. The Morgan fingerprint density at radius 1 is 1.08 bits per heavy atom. The summed E-state index contributed by atoms with van der Waals surface area (Å²) in [6, 6.07) is 7.47. The summed E-state index contributed by atoms with van der Waals surface area (Å²) in [5.41, 5.74) is 4.00. The number of nitrogens with one attached hydrogen (secondary N) is 1. The summed E-state index contributed by atoms with van der Waals surface area (Å²) < 4.78 is 0. The molecule has 2 aliphatic heterocycles. The normalized spacial score (nSPS) is 24.2. The van der Waals surface area contributed by atoms with Gasteiger partial charge >= 0.3 is 6.03 Å². The molecule has 5 nitrogen and oxygen atoms in total.